The maximum absolute atomic E-state index is 12.3. The molecule has 0 spiro atoms. The van der Waals surface area contributed by atoms with Crippen molar-refractivity contribution in [3.63, 3.8) is 0 Å². The van der Waals surface area contributed by atoms with E-state index in [0.29, 0.717) is 11.0 Å². The van der Waals surface area contributed by atoms with Crippen molar-refractivity contribution in [3.8, 4) is 0 Å². The average Bonchev–Trinajstić information content (AvgIpc) is 2.99. The van der Waals surface area contributed by atoms with Crippen molar-refractivity contribution in [1.82, 2.24) is 19.9 Å². The highest BCUT2D eigenvalue weighted by Gasteiger charge is 2.17. The molecular formula is C14H11N5O3. The number of hydrogen-bond acceptors (Lipinski definition) is 6. The number of methoxy groups -OCH3 is 1. The Morgan fingerprint density at radius 2 is 2.18 bits per heavy atom. The minimum atomic E-state index is -0.578. The fraction of sp³-hybridized carbons (Fsp3) is 0.0714. The Morgan fingerprint density at radius 1 is 1.32 bits per heavy atom. The lowest BCUT2D eigenvalue weighted by atomic mass is 10.2. The fourth-order valence-corrected chi connectivity index (χ4v) is 1.95. The standard InChI is InChI=1S/C14H11N5O3/c1-22-14(21)8-3-2-4-16-12(8)19-13(20)10-5-9-11(18-10)6-15-7-17-9/h2-7,18H,1H3,(H,16,19,20). The molecule has 2 N–H and O–H groups in total. The van der Waals surface area contributed by atoms with Gasteiger partial charge >= 0.3 is 5.97 Å². The van der Waals surface area contributed by atoms with Crippen molar-refractivity contribution in [2.45, 2.75) is 0 Å². The van der Waals surface area contributed by atoms with Crippen LogP contribution in [-0.2, 0) is 4.74 Å². The predicted octanol–water partition coefficient (Wildman–Crippen LogP) is 1.39. The zero-order valence-electron chi connectivity index (χ0n) is 11.5. The lowest BCUT2D eigenvalue weighted by molar-refractivity contribution is 0.0601. The normalized spacial score (nSPS) is 10.4. The summed E-state index contributed by atoms with van der Waals surface area (Å²) in [5.74, 6) is -0.892. The molecule has 3 aromatic rings. The molecule has 0 saturated heterocycles. The number of nitrogens with zero attached hydrogens (tertiary/aromatic N) is 3. The Kier molecular flexibility index (Phi) is 3.48. The number of aromatic amines is 1. The number of rotatable bonds is 3. The van der Waals surface area contributed by atoms with E-state index >= 15 is 0 Å². The van der Waals surface area contributed by atoms with Crippen LogP contribution in [0.1, 0.15) is 20.8 Å². The molecule has 0 fully saturated rings. The van der Waals surface area contributed by atoms with E-state index in [0.717, 1.165) is 0 Å². The summed E-state index contributed by atoms with van der Waals surface area (Å²) < 4.78 is 4.66. The number of carbonyl (C=O) groups is 2. The second-order valence-corrected chi connectivity index (χ2v) is 4.35. The molecule has 0 saturated carbocycles. The molecule has 0 aromatic carbocycles. The lowest BCUT2D eigenvalue weighted by Crippen LogP contribution is -2.16. The molecule has 110 valence electrons. The monoisotopic (exact) mass is 297 g/mol. The number of esters is 1. The first-order valence-corrected chi connectivity index (χ1v) is 6.32. The molecule has 3 heterocycles. The molecule has 3 aromatic heterocycles. The highest BCUT2D eigenvalue weighted by Crippen LogP contribution is 2.16. The topological polar surface area (TPSA) is 110 Å². The number of pyridine rings is 1. The number of amides is 1. The van der Waals surface area contributed by atoms with Gasteiger partial charge in [-0.15, -0.1) is 0 Å². The molecule has 0 aliphatic heterocycles. The molecule has 0 bridgehead atoms. The van der Waals surface area contributed by atoms with E-state index in [9.17, 15) is 9.59 Å². The molecule has 0 radical (unpaired) electrons. The average molecular weight is 297 g/mol. The Bertz CT molecular complexity index is 825. The van der Waals surface area contributed by atoms with Gasteiger partial charge in [0.2, 0.25) is 0 Å². The van der Waals surface area contributed by atoms with Gasteiger partial charge in [0, 0.05) is 6.20 Å². The van der Waals surface area contributed by atoms with E-state index in [2.05, 4.69) is 30.0 Å². The largest absolute Gasteiger partial charge is 0.465 e. The van der Waals surface area contributed by atoms with Crippen LogP contribution in [0.3, 0.4) is 0 Å². The summed E-state index contributed by atoms with van der Waals surface area (Å²) in [5.41, 5.74) is 1.72. The third kappa shape index (κ3) is 2.49. The molecule has 0 unspecified atom stereocenters. The van der Waals surface area contributed by atoms with Gasteiger partial charge in [0.25, 0.3) is 5.91 Å². The fourth-order valence-electron chi connectivity index (χ4n) is 1.95. The molecular weight excluding hydrogens is 286 g/mol. The Morgan fingerprint density at radius 3 is 2.95 bits per heavy atom. The maximum Gasteiger partial charge on any atom is 0.341 e. The Balaban J connectivity index is 1.90. The zero-order valence-corrected chi connectivity index (χ0v) is 11.5. The molecule has 0 atom stereocenters. The van der Waals surface area contributed by atoms with E-state index in [1.165, 1.54) is 25.7 Å². The number of aromatic nitrogens is 4. The molecule has 3 rings (SSSR count). The quantitative estimate of drug-likeness (QED) is 0.707. The Labute approximate surface area is 124 Å². The van der Waals surface area contributed by atoms with Crippen LogP contribution in [0.4, 0.5) is 5.82 Å². The number of H-pyrrole nitrogens is 1. The van der Waals surface area contributed by atoms with E-state index in [1.807, 2.05) is 0 Å². The van der Waals surface area contributed by atoms with Gasteiger partial charge in [-0.1, -0.05) is 0 Å². The summed E-state index contributed by atoms with van der Waals surface area (Å²) in [4.78, 5) is 38.7. The second-order valence-electron chi connectivity index (χ2n) is 4.35. The first-order chi connectivity index (χ1) is 10.7. The van der Waals surface area contributed by atoms with Gasteiger partial charge in [0.1, 0.15) is 23.4 Å². The van der Waals surface area contributed by atoms with Crippen molar-refractivity contribution in [3.05, 3.63) is 48.2 Å². The van der Waals surface area contributed by atoms with Crippen LogP contribution in [0.2, 0.25) is 0 Å². The van der Waals surface area contributed by atoms with E-state index in [-0.39, 0.29) is 17.1 Å². The molecule has 1 amide bonds. The van der Waals surface area contributed by atoms with Crippen LogP contribution >= 0.6 is 0 Å². The third-order valence-corrected chi connectivity index (χ3v) is 2.98. The summed E-state index contributed by atoms with van der Waals surface area (Å²) in [5, 5.41) is 2.57. The van der Waals surface area contributed by atoms with Gasteiger partial charge in [-0.05, 0) is 18.2 Å². The smallest absolute Gasteiger partial charge is 0.341 e. The summed E-state index contributed by atoms with van der Waals surface area (Å²) in [7, 11) is 1.26. The van der Waals surface area contributed by atoms with E-state index in [4.69, 9.17) is 0 Å². The summed E-state index contributed by atoms with van der Waals surface area (Å²) in [6.07, 6.45) is 4.43. The van der Waals surface area contributed by atoms with Crippen LogP contribution in [0.5, 0.6) is 0 Å². The van der Waals surface area contributed by atoms with Crippen molar-refractivity contribution in [1.29, 1.82) is 0 Å². The van der Waals surface area contributed by atoms with Gasteiger partial charge in [0.15, 0.2) is 0 Å². The van der Waals surface area contributed by atoms with Crippen molar-refractivity contribution < 1.29 is 14.3 Å². The van der Waals surface area contributed by atoms with Gasteiger partial charge in [-0.25, -0.2) is 19.7 Å². The van der Waals surface area contributed by atoms with Crippen LogP contribution in [0, 0.1) is 0 Å². The van der Waals surface area contributed by atoms with E-state index < -0.39 is 11.9 Å². The molecule has 22 heavy (non-hydrogen) atoms. The third-order valence-electron chi connectivity index (χ3n) is 2.98. The van der Waals surface area contributed by atoms with Crippen LogP contribution in [-0.4, -0.2) is 38.9 Å². The van der Waals surface area contributed by atoms with Crippen LogP contribution in [0.25, 0.3) is 11.0 Å². The zero-order chi connectivity index (χ0) is 15.5. The summed E-state index contributed by atoms with van der Waals surface area (Å²) in [6.45, 7) is 0. The molecule has 8 heteroatoms. The van der Waals surface area contributed by atoms with Gasteiger partial charge < -0.3 is 15.0 Å². The van der Waals surface area contributed by atoms with Crippen LogP contribution in [0.15, 0.2) is 36.9 Å². The number of hydrogen-bond donors (Lipinski definition) is 2. The van der Waals surface area contributed by atoms with Crippen molar-refractivity contribution in [2.24, 2.45) is 0 Å². The van der Waals surface area contributed by atoms with Crippen LogP contribution < -0.4 is 5.32 Å². The predicted molar refractivity (Wildman–Crippen MR) is 77.4 cm³/mol. The number of ether oxygens (including phenoxy) is 1. The molecule has 0 aliphatic carbocycles. The molecule has 8 nitrogen and oxygen atoms in total. The number of nitrogens with one attached hydrogen (secondary N) is 2. The highest BCUT2D eigenvalue weighted by molar-refractivity contribution is 6.07. The second kappa shape index (κ2) is 5.60. The van der Waals surface area contributed by atoms with Crippen molar-refractivity contribution in [2.75, 3.05) is 12.4 Å². The number of anilines is 1. The van der Waals surface area contributed by atoms with E-state index in [1.54, 1.807) is 18.3 Å². The van der Waals surface area contributed by atoms with Gasteiger partial charge in [-0.2, -0.15) is 0 Å². The number of carbonyl (C=O) groups excluding carboxylic acids is 2. The highest BCUT2D eigenvalue weighted by atomic mass is 16.5. The summed E-state index contributed by atoms with van der Waals surface area (Å²) in [6, 6.07) is 4.69. The SMILES string of the molecule is COC(=O)c1cccnc1NC(=O)c1cc2ncncc2[nH]1. The van der Waals surface area contributed by atoms with Gasteiger partial charge in [0.05, 0.1) is 24.3 Å². The van der Waals surface area contributed by atoms with Gasteiger partial charge in [-0.3, -0.25) is 4.79 Å². The Hall–Kier alpha value is -3.29. The minimum absolute atomic E-state index is 0.129. The minimum Gasteiger partial charge on any atom is -0.465 e. The summed E-state index contributed by atoms with van der Waals surface area (Å²) >= 11 is 0. The first kappa shape index (κ1) is 13.7. The first-order valence-electron chi connectivity index (χ1n) is 6.32. The van der Waals surface area contributed by atoms with Crippen molar-refractivity contribution >= 4 is 28.7 Å². The number of fused-ring (bicyclic) bond motifs is 1. The lowest BCUT2D eigenvalue weighted by Gasteiger charge is -2.07. The maximum atomic E-state index is 12.3. The molecule has 0 aliphatic rings.